The van der Waals surface area contributed by atoms with Gasteiger partial charge >= 0.3 is 17.9 Å². The first-order chi connectivity index (χ1) is 13.0. The number of nitrogens with zero attached hydrogens (tertiary/aromatic N) is 1. The Kier molecular flexibility index (Phi) is 11.5. The van der Waals surface area contributed by atoms with E-state index < -0.39 is 36.4 Å². The summed E-state index contributed by atoms with van der Waals surface area (Å²) in [6.45, 7) is 10.4. The van der Waals surface area contributed by atoms with E-state index in [0.717, 1.165) is 32.0 Å². The van der Waals surface area contributed by atoms with Gasteiger partial charge in [0.05, 0.1) is 12.8 Å². The number of carboxylic acid groups (broad SMARTS) is 3. The van der Waals surface area contributed by atoms with Crippen molar-refractivity contribution in [2.24, 2.45) is 0 Å². The third-order valence-electron chi connectivity index (χ3n) is 3.85. The van der Waals surface area contributed by atoms with Crippen LogP contribution in [-0.2, 0) is 14.4 Å². The van der Waals surface area contributed by atoms with E-state index >= 15 is 0 Å². The number of carbonyl (C=O) groups is 3. The van der Waals surface area contributed by atoms with Crippen LogP contribution in [0.4, 0.5) is 0 Å². The minimum Gasteiger partial charge on any atom is -0.492 e. The van der Waals surface area contributed by atoms with E-state index in [2.05, 4.69) is 37.8 Å². The molecule has 0 unspecified atom stereocenters. The van der Waals surface area contributed by atoms with Gasteiger partial charge in [-0.3, -0.25) is 9.59 Å². The first-order valence-corrected chi connectivity index (χ1v) is 8.85. The van der Waals surface area contributed by atoms with Crippen LogP contribution in [0.5, 0.6) is 5.75 Å². The summed E-state index contributed by atoms with van der Waals surface area (Å²) < 4.78 is 5.68. The van der Waals surface area contributed by atoms with Gasteiger partial charge < -0.3 is 30.1 Å². The number of hydrogen-bond donors (Lipinski definition) is 4. The fourth-order valence-corrected chi connectivity index (χ4v) is 2.25. The lowest BCUT2D eigenvalue weighted by Crippen LogP contribution is -2.42. The largest absolute Gasteiger partial charge is 0.492 e. The number of likely N-dealkylation sites (N-methyl/N-ethyl adjacent to an activating group) is 1. The van der Waals surface area contributed by atoms with Gasteiger partial charge in [0.25, 0.3) is 0 Å². The molecule has 0 aromatic heterocycles. The molecule has 0 atom stereocenters. The van der Waals surface area contributed by atoms with E-state index in [4.69, 9.17) is 25.2 Å². The molecule has 28 heavy (non-hydrogen) atoms. The summed E-state index contributed by atoms with van der Waals surface area (Å²) in [5.74, 6) is -4.04. The average Bonchev–Trinajstić information content (AvgIpc) is 2.58. The summed E-state index contributed by atoms with van der Waals surface area (Å²) in [6, 6.07) is 8.19. The van der Waals surface area contributed by atoms with Crippen molar-refractivity contribution in [2.45, 2.75) is 39.2 Å². The van der Waals surface area contributed by atoms with Gasteiger partial charge in [-0.1, -0.05) is 26.0 Å². The van der Waals surface area contributed by atoms with Crippen LogP contribution in [0.2, 0.25) is 0 Å². The van der Waals surface area contributed by atoms with Crippen LogP contribution in [0.25, 0.3) is 0 Å². The molecular weight excluding hydrogens is 370 g/mol. The van der Waals surface area contributed by atoms with Gasteiger partial charge in [0.2, 0.25) is 0 Å². The molecule has 0 spiro atoms. The molecular formula is C19H29NO8. The van der Waals surface area contributed by atoms with E-state index in [1.807, 2.05) is 12.1 Å². The van der Waals surface area contributed by atoms with E-state index in [1.54, 1.807) is 0 Å². The van der Waals surface area contributed by atoms with E-state index in [0.29, 0.717) is 0 Å². The molecule has 4 N–H and O–H groups in total. The van der Waals surface area contributed by atoms with Crippen molar-refractivity contribution in [1.82, 2.24) is 4.90 Å². The minimum atomic E-state index is -2.74. The topological polar surface area (TPSA) is 145 Å². The molecule has 0 amide bonds. The fourth-order valence-electron chi connectivity index (χ4n) is 2.25. The average molecular weight is 399 g/mol. The molecule has 0 aliphatic carbocycles. The molecule has 0 fully saturated rings. The second-order valence-corrected chi connectivity index (χ2v) is 6.17. The molecule has 0 radical (unpaired) electrons. The Morgan fingerprint density at radius 3 is 1.96 bits per heavy atom. The van der Waals surface area contributed by atoms with Crippen LogP contribution in [0.1, 0.15) is 32.3 Å². The molecule has 0 aliphatic heterocycles. The molecule has 9 nitrogen and oxygen atoms in total. The number of aliphatic hydroxyl groups is 1. The van der Waals surface area contributed by atoms with Gasteiger partial charge in [0.1, 0.15) is 12.4 Å². The van der Waals surface area contributed by atoms with E-state index in [-0.39, 0.29) is 0 Å². The first kappa shape index (κ1) is 25.4. The molecule has 1 aromatic rings. The molecule has 1 rings (SSSR count). The van der Waals surface area contributed by atoms with Gasteiger partial charge in [-0.2, -0.15) is 0 Å². The van der Waals surface area contributed by atoms with Crippen LogP contribution in [0.3, 0.4) is 0 Å². The maximum absolute atomic E-state index is 10.3. The maximum atomic E-state index is 10.3. The van der Waals surface area contributed by atoms with Crippen molar-refractivity contribution in [3.8, 4) is 5.75 Å². The fraction of sp³-hybridized carbons (Fsp3) is 0.526. The third-order valence-corrected chi connectivity index (χ3v) is 3.85. The lowest BCUT2D eigenvalue weighted by atomic mass is 9.96. The number of ether oxygens (including phenoxy) is 1. The quantitative estimate of drug-likeness (QED) is 0.434. The summed E-state index contributed by atoms with van der Waals surface area (Å²) in [7, 11) is 0. The number of carboxylic acids is 3. The molecule has 158 valence electrons. The van der Waals surface area contributed by atoms with Gasteiger partial charge in [0, 0.05) is 6.54 Å². The van der Waals surface area contributed by atoms with Crippen LogP contribution >= 0.6 is 0 Å². The standard InChI is InChI=1S/C13H21NO.C6H8O7/c1-4-14(5-2)9-10-15-13-8-6-7-12(3)11-13;7-3(8)1-6(13,5(11)12)2-4(9)10/h6-8,11H,4-5,9-10H2,1-3H3;13H,1-2H2,(H,7,8)(H,9,10)(H,11,12). The summed E-state index contributed by atoms with van der Waals surface area (Å²) in [6.07, 6.45) is -2.29. The summed E-state index contributed by atoms with van der Waals surface area (Å²) in [5.41, 5.74) is -1.49. The van der Waals surface area contributed by atoms with Crippen LogP contribution in [-0.4, -0.2) is 75.1 Å². The monoisotopic (exact) mass is 399 g/mol. The Hall–Kier alpha value is -2.65. The van der Waals surface area contributed by atoms with Crippen molar-refractivity contribution >= 4 is 17.9 Å². The smallest absolute Gasteiger partial charge is 0.336 e. The molecule has 0 saturated heterocycles. The van der Waals surface area contributed by atoms with Gasteiger partial charge in [-0.05, 0) is 37.7 Å². The van der Waals surface area contributed by atoms with E-state index in [9.17, 15) is 14.4 Å². The summed E-state index contributed by atoms with van der Waals surface area (Å²) in [5, 5.41) is 33.8. The summed E-state index contributed by atoms with van der Waals surface area (Å²) >= 11 is 0. The Bertz CT molecular complexity index is 627. The normalized spacial score (nSPS) is 10.8. The highest BCUT2D eigenvalue weighted by Crippen LogP contribution is 2.15. The molecule has 0 heterocycles. The van der Waals surface area contributed by atoms with Crippen molar-refractivity contribution in [3.05, 3.63) is 29.8 Å². The van der Waals surface area contributed by atoms with Gasteiger partial charge in [-0.25, -0.2) is 4.79 Å². The molecule has 0 bridgehead atoms. The zero-order chi connectivity index (χ0) is 21.7. The molecule has 9 heteroatoms. The van der Waals surface area contributed by atoms with Crippen LogP contribution in [0.15, 0.2) is 24.3 Å². The second-order valence-electron chi connectivity index (χ2n) is 6.17. The lowest BCUT2D eigenvalue weighted by molar-refractivity contribution is -0.170. The molecule has 1 aromatic carbocycles. The molecule has 0 saturated carbocycles. The maximum Gasteiger partial charge on any atom is 0.336 e. The highest BCUT2D eigenvalue weighted by Gasteiger charge is 2.40. The van der Waals surface area contributed by atoms with Crippen molar-refractivity contribution in [3.63, 3.8) is 0 Å². The van der Waals surface area contributed by atoms with Crippen molar-refractivity contribution in [1.29, 1.82) is 0 Å². The zero-order valence-corrected chi connectivity index (χ0v) is 16.4. The Balaban J connectivity index is 0.000000528. The van der Waals surface area contributed by atoms with Gasteiger partial charge in [0.15, 0.2) is 5.60 Å². The lowest BCUT2D eigenvalue weighted by Gasteiger charge is -2.18. The highest BCUT2D eigenvalue weighted by molar-refractivity contribution is 5.88. The zero-order valence-electron chi connectivity index (χ0n) is 16.4. The van der Waals surface area contributed by atoms with Crippen LogP contribution in [0, 0.1) is 6.92 Å². The third kappa shape index (κ3) is 10.5. The minimum absolute atomic E-state index is 0.769. The molecule has 0 aliphatic rings. The number of aryl methyl sites for hydroxylation is 1. The second kappa shape index (κ2) is 12.7. The number of hydrogen-bond acceptors (Lipinski definition) is 6. The predicted molar refractivity (Wildman–Crippen MR) is 102 cm³/mol. The first-order valence-electron chi connectivity index (χ1n) is 8.85. The van der Waals surface area contributed by atoms with E-state index in [1.165, 1.54) is 5.56 Å². The predicted octanol–water partition coefficient (Wildman–Crippen LogP) is 1.47. The summed E-state index contributed by atoms with van der Waals surface area (Å²) in [4.78, 5) is 32.8. The Morgan fingerprint density at radius 1 is 1.04 bits per heavy atom. The Labute approximate surface area is 164 Å². The Morgan fingerprint density at radius 2 is 1.57 bits per heavy atom. The number of benzene rings is 1. The van der Waals surface area contributed by atoms with Crippen molar-refractivity contribution in [2.75, 3.05) is 26.2 Å². The van der Waals surface area contributed by atoms with Crippen molar-refractivity contribution < 1.29 is 39.5 Å². The number of rotatable bonds is 11. The highest BCUT2D eigenvalue weighted by atomic mass is 16.5. The number of aliphatic carboxylic acids is 3. The van der Waals surface area contributed by atoms with Crippen LogP contribution < -0.4 is 4.74 Å². The van der Waals surface area contributed by atoms with Gasteiger partial charge in [-0.15, -0.1) is 0 Å². The SMILES string of the molecule is CCN(CC)CCOc1cccc(C)c1.O=C(O)CC(O)(CC(=O)O)C(=O)O.